The summed E-state index contributed by atoms with van der Waals surface area (Å²) in [5, 5.41) is 3.57. The largest absolute Gasteiger partial charge is 0.444 e. The lowest BCUT2D eigenvalue weighted by molar-refractivity contribution is 0.0205. The van der Waals surface area contributed by atoms with Gasteiger partial charge in [-0.25, -0.2) is 4.79 Å². The standard InChI is InChI=1S/C17H32N2O2/c1-12(2)8-9-18-11-13-10-14-6-7-15(13)19(14)16(20)21-17(3,4)5/h12-15,18H,6-11H2,1-5H3. The topological polar surface area (TPSA) is 41.6 Å². The highest BCUT2D eigenvalue weighted by molar-refractivity contribution is 5.70. The van der Waals surface area contributed by atoms with E-state index in [0.29, 0.717) is 18.0 Å². The predicted molar refractivity (Wildman–Crippen MR) is 85.3 cm³/mol. The zero-order valence-electron chi connectivity index (χ0n) is 14.3. The molecule has 0 aromatic heterocycles. The number of nitrogens with one attached hydrogen (secondary N) is 1. The van der Waals surface area contributed by atoms with E-state index in [-0.39, 0.29) is 6.09 Å². The van der Waals surface area contributed by atoms with E-state index >= 15 is 0 Å². The van der Waals surface area contributed by atoms with Crippen molar-refractivity contribution < 1.29 is 9.53 Å². The number of nitrogens with zero attached hydrogens (tertiary/aromatic N) is 1. The molecular formula is C17H32N2O2. The Balaban J connectivity index is 1.82. The summed E-state index contributed by atoms with van der Waals surface area (Å²) in [5.74, 6) is 1.35. The van der Waals surface area contributed by atoms with Crippen molar-refractivity contribution in [2.75, 3.05) is 13.1 Å². The van der Waals surface area contributed by atoms with Crippen molar-refractivity contribution in [1.82, 2.24) is 10.2 Å². The van der Waals surface area contributed by atoms with Gasteiger partial charge in [0.25, 0.3) is 0 Å². The molecule has 0 saturated carbocycles. The summed E-state index contributed by atoms with van der Waals surface area (Å²) in [7, 11) is 0. The SMILES string of the molecule is CC(C)CCNCC1CC2CCC1N2C(=O)OC(C)(C)C. The number of ether oxygens (including phenoxy) is 1. The fraction of sp³-hybridized carbons (Fsp3) is 0.941. The monoisotopic (exact) mass is 296 g/mol. The molecule has 1 amide bonds. The van der Waals surface area contributed by atoms with Crippen LogP contribution in [0.25, 0.3) is 0 Å². The molecule has 0 aromatic carbocycles. The summed E-state index contributed by atoms with van der Waals surface area (Å²) in [4.78, 5) is 14.4. The summed E-state index contributed by atoms with van der Waals surface area (Å²) >= 11 is 0. The number of amides is 1. The number of hydrogen-bond acceptors (Lipinski definition) is 3. The quantitative estimate of drug-likeness (QED) is 0.791. The van der Waals surface area contributed by atoms with Gasteiger partial charge in [0.05, 0.1) is 0 Å². The average Bonchev–Trinajstić information content (AvgIpc) is 2.89. The van der Waals surface area contributed by atoms with Crippen LogP contribution in [-0.2, 0) is 4.74 Å². The van der Waals surface area contributed by atoms with Crippen molar-refractivity contribution in [3.63, 3.8) is 0 Å². The van der Waals surface area contributed by atoms with Gasteiger partial charge in [0, 0.05) is 12.1 Å². The third-order valence-corrected chi connectivity index (χ3v) is 4.57. The number of hydrogen-bond donors (Lipinski definition) is 1. The van der Waals surface area contributed by atoms with Gasteiger partial charge in [-0.15, -0.1) is 0 Å². The fourth-order valence-corrected chi connectivity index (χ4v) is 3.61. The Kier molecular flexibility index (Phi) is 5.18. The molecule has 0 radical (unpaired) electrons. The molecule has 0 spiro atoms. The first-order chi connectivity index (χ1) is 9.78. The van der Waals surface area contributed by atoms with Gasteiger partial charge < -0.3 is 15.0 Å². The number of rotatable bonds is 5. The lowest BCUT2D eigenvalue weighted by Gasteiger charge is -2.28. The third-order valence-electron chi connectivity index (χ3n) is 4.57. The van der Waals surface area contributed by atoms with Crippen molar-refractivity contribution in [3.05, 3.63) is 0 Å². The van der Waals surface area contributed by atoms with Crippen LogP contribution in [0.3, 0.4) is 0 Å². The Bertz CT molecular complexity index is 362. The van der Waals surface area contributed by atoms with Gasteiger partial charge in [0.15, 0.2) is 0 Å². The van der Waals surface area contributed by atoms with Crippen LogP contribution in [0.4, 0.5) is 4.79 Å². The molecule has 3 unspecified atom stereocenters. The number of fused-ring (bicyclic) bond motifs is 2. The molecule has 3 atom stereocenters. The molecule has 122 valence electrons. The molecule has 4 heteroatoms. The lowest BCUT2D eigenvalue weighted by atomic mass is 9.89. The molecule has 2 saturated heterocycles. The average molecular weight is 296 g/mol. The summed E-state index contributed by atoms with van der Waals surface area (Å²) in [6.07, 6.45) is 4.53. The van der Waals surface area contributed by atoms with E-state index in [2.05, 4.69) is 19.2 Å². The van der Waals surface area contributed by atoms with Crippen LogP contribution >= 0.6 is 0 Å². The highest BCUT2D eigenvalue weighted by Gasteiger charge is 2.49. The summed E-state index contributed by atoms with van der Waals surface area (Å²) in [5.41, 5.74) is -0.399. The zero-order chi connectivity index (χ0) is 15.6. The fourth-order valence-electron chi connectivity index (χ4n) is 3.61. The second-order valence-corrected chi connectivity index (χ2v) is 8.07. The minimum absolute atomic E-state index is 0.111. The minimum Gasteiger partial charge on any atom is -0.444 e. The smallest absolute Gasteiger partial charge is 0.410 e. The number of carbonyl (C=O) groups excluding carboxylic acids is 1. The van der Waals surface area contributed by atoms with Crippen molar-refractivity contribution >= 4 is 6.09 Å². The second-order valence-electron chi connectivity index (χ2n) is 8.07. The molecule has 4 nitrogen and oxygen atoms in total. The Morgan fingerprint density at radius 2 is 2.05 bits per heavy atom. The van der Waals surface area contributed by atoms with Gasteiger partial charge in [0.1, 0.15) is 5.60 Å². The molecule has 2 aliphatic heterocycles. The molecule has 21 heavy (non-hydrogen) atoms. The van der Waals surface area contributed by atoms with E-state index in [4.69, 9.17) is 4.74 Å². The van der Waals surface area contributed by atoms with Gasteiger partial charge in [-0.05, 0) is 71.4 Å². The Morgan fingerprint density at radius 3 is 2.67 bits per heavy atom. The molecule has 2 rings (SSSR count). The molecule has 2 fully saturated rings. The molecule has 0 aromatic rings. The number of carbonyl (C=O) groups is 1. The van der Waals surface area contributed by atoms with E-state index in [1.54, 1.807) is 0 Å². The van der Waals surface area contributed by atoms with E-state index in [0.717, 1.165) is 38.3 Å². The molecule has 1 N–H and O–H groups in total. The maximum absolute atomic E-state index is 12.4. The van der Waals surface area contributed by atoms with Crippen LogP contribution in [0, 0.1) is 11.8 Å². The highest BCUT2D eigenvalue weighted by atomic mass is 16.6. The van der Waals surface area contributed by atoms with Crippen LogP contribution in [0.5, 0.6) is 0 Å². The van der Waals surface area contributed by atoms with Crippen LogP contribution in [0.15, 0.2) is 0 Å². The van der Waals surface area contributed by atoms with Crippen molar-refractivity contribution in [3.8, 4) is 0 Å². The molecule has 2 aliphatic rings. The molecule has 2 bridgehead atoms. The van der Waals surface area contributed by atoms with Crippen LogP contribution in [-0.4, -0.2) is 41.8 Å². The Morgan fingerprint density at radius 1 is 1.33 bits per heavy atom. The van der Waals surface area contributed by atoms with Gasteiger partial charge in [-0.1, -0.05) is 13.8 Å². The van der Waals surface area contributed by atoms with Gasteiger partial charge in [0.2, 0.25) is 0 Å². The van der Waals surface area contributed by atoms with E-state index in [1.165, 1.54) is 6.42 Å². The first-order valence-corrected chi connectivity index (χ1v) is 8.50. The predicted octanol–water partition coefficient (Wildman–Crippen LogP) is 3.41. The summed E-state index contributed by atoms with van der Waals surface area (Å²) in [6, 6.07) is 0.790. The zero-order valence-corrected chi connectivity index (χ0v) is 14.3. The second kappa shape index (κ2) is 6.55. The van der Waals surface area contributed by atoms with Gasteiger partial charge in [-0.2, -0.15) is 0 Å². The molecule has 2 heterocycles. The van der Waals surface area contributed by atoms with Crippen molar-refractivity contribution in [1.29, 1.82) is 0 Å². The van der Waals surface area contributed by atoms with E-state index in [1.807, 2.05) is 25.7 Å². The minimum atomic E-state index is -0.399. The lowest BCUT2D eigenvalue weighted by Crippen LogP contribution is -2.41. The first kappa shape index (κ1) is 16.6. The van der Waals surface area contributed by atoms with Crippen LogP contribution < -0.4 is 5.32 Å². The maximum atomic E-state index is 12.4. The molecule has 0 aliphatic carbocycles. The highest BCUT2D eigenvalue weighted by Crippen LogP contribution is 2.42. The van der Waals surface area contributed by atoms with Crippen molar-refractivity contribution in [2.24, 2.45) is 11.8 Å². The normalized spacial score (nSPS) is 28.5. The maximum Gasteiger partial charge on any atom is 0.410 e. The van der Waals surface area contributed by atoms with Crippen LogP contribution in [0.2, 0.25) is 0 Å². The van der Waals surface area contributed by atoms with Gasteiger partial charge in [-0.3, -0.25) is 0 Å². The molecular weight excluding hydrogens is 264 g/mol. The van der Waals surface area contributed by atoms with Crippen LogP contribution in [0.1, 0.15) is 60.3 Å². The van der Waals surface area contributed by atoms with Crippen molar-refractivity contribution in [2.45, 2.75) is 78.0 Å². The third kappa shape index (κ3) is 4.35. The Labute approximate surface area is 129 Å². The first-order valence-electron chi connectivity index (χ1n) is 8.50. The summed E-state index contributed by atoms with van der Waals surface area (Å²) < 4.78 is 5.57. The van der Waals surface area contributed by atoms with E-state index in [9.17, 15) is 4.79 Å². The summed E-state index contributed by atoms with van der Waals surface area (Å²) in [6.45, 7) is 12.4. The Hall–Kier alpha value is -0.770. The van der Waals surface area contributed by atoms with E-state index < -0.39 is 5.60 Å². The van der Waals surface area contributed by atoms with Gasteiger partial charge >= 0.3 is 6.09 Å².